The molecular formula is C22H26O2. The predicted octanol–water partition coefficient (Wildman–Crippen LogP) is 5.88. The van der Waals surface area contributed by atoms with Gasteiger partial charge in [0.05, 0.1) is 13.2 Å². The predicted molar refractivity (Wildman–Crippen MR) is 102 cm³/mol. The molecule has 0 fully saturated rings. The molecule has 126 valence electrons. The molecular weight excluding hydrogens is 296 g/mol. The van der Waals surface area contributed by atoms with Crippen LogP contribution in [0.15, 0.2) is 66.8 Å². The molecule has 0 heterocycles. The van der Waals surface area contributed by atoms with Gasteiger partial charge in [-0.15, -0.1) is 0 Å². The molecule has 2 rings (SSSR count). The molecule has 0 aromatic heterocycles. The number of benzene rings is 2. The van der Waals surface area contributed by atoms with E-state index in [1.807, 2.05) is 38.1 Å². The van der Waals surface area contributed by atoms with Crippen molar-refractivity contribution in [3.63, 3.8) is 0 Å². The lowest BCUT2D eigenvalue weighted by molar-refractivity contribution is 0.340. The highest BCUT2D eigenvalue weighted by Crippen LogP contribution is 2.27. The first-order chi connectivity index (χ1) is 11.8. The summed E-state index contributed by atoms with van der Waals surface area (Å²) in [7, 11) is 0. The van der Waals surface area contributed by atoms with Gasteiger partial charge in [-0.2, -0.15) is 0 Å². The Morgan fingerprint density at radius 2 is 1.21 bits per heavy atom. The van der Waals surface area contributed by atoms with Crippen LogP contribution in [0.2, 0.25) is 0 Å². The van der Waals surface area contributed by atoms with Crippen molar-refractivity contribution in [2.24, 2.45) is 0 Å². The minimum Gasteiger partial charge on any atom is -0.494 e. The molecule has 2 heteroatoms. The maximum absolute atomic E-state index is 5.54. The average Bonchev–Trinajstić information content (AvgIpc) is 2.61. The Morgan fingerprint density at radius 1 is 0.750 bits per heavy atom. The van der Waals surface area contributed by atoms with E-state index in [1.165, 1.54) is 16.7 Å². The average molecular weight is 322 g/mol. The highest BCUT2D eigenvalue weighted by Gasteiger charge is 2.05. The standard InChI is InChI=1S/C22H26O2/c1-4-7-8-9-22(18-10-14-20(15-11-18)23-5-2)19-12-16-21(17-13-19)24-6-3/h7-17H,4-6H2,1-3H3. The third-order valence-electron chi connectivity index (χ3n) is 3.59. The molecule has 0 unspecified atom stereocenters. The van der Waals surface area contributed by atoms with Crippen LogP contribution in [0, 0.1) is 0 Å². The van der Waals surface area contributed by atoms with Gasteiger partial charge in [-0.3, -0.25) is 0 Å². The van der Waals surface area contributed by atoms with Crippen LogP contribution >= 0.6 is 0 Å². The normalized spacial score (nSPS) is 10.6. The van der Waals surface area contributed by atoms with E-state index in [-0.39, 0.29) is 0 Å². The Morgan fingerprint density at radius 3 is 1.58 bits per heavy atom. The van der Waals surface area contributed by atoms with Gasteiger partial charge >= 0.3 is 0 Å². The van der Waals surface area contributed by atoms with Crippen LogP contribution in [0.4, 0.5) is 0 Å². The molecule has 24 heavy (non-hydrogen) atoms. The van der Waals surface area contributed by atoms with Gasteiger partial charge in [0.15, 0.2) is 0 Å². The topological polar surface area (TPSA) is 18.5 Å². The first kappa shape index (κ1) is 17.9. The van der Waals surface area contributed by atoms with Crippen LogP contribution < -0.4 is 9.47 Å². The first-order valence-electron chi connectivity index (χ1n) is 8.61. The summed E-state index contributed by atoms with van der Waals surface area (Å²) < 4.78 is 11.1. The van der Waals surface area contributed by atoms with Crippen LogP contribution in [-0.2, 0) is 0 Å². The van der Waals surface area contributed by atoms with Crippen molar-refractivity contribution >= 4 is 5.57 Å². The molecule has 0 N–H and O–H groups in total. The Balaban J connectivity index is 2.33. The van der Waals surface area contributed by atoms with E-state index in [1.54, 1.807) is 0 Å². The molecule has 0 saturated carbocycles. The van der Waals surface area contributed by atoms with Crippen LogP contribution in [0.5, 0.6) is 11.5 Å². The number of hydrogen-bond donors (Lipinski definition) is 0. The summed E-state index contributed by atoms with van der Waals surface area (Å²) in [6, 6.07) is 16.5. The van der Waals surface area contributed by atoms with E-state index in [0.29, 0.717) is 13.2 Å². The summed E-state index contributed by atoms with van der Waals surface area (Å²) in [6.45, 7) is 7.49. The Kier molecular flexibility index (Phi) is 7.16. The second-order valence-electron chi connectivity index (χ2n) is 5.33. The second kappa shape index (κ2) is 9.61. The van der Waals surface area contributed by atoms with E-state index in [9.17, 15) is 0 Å². The van der Waals surface area contributed by atoms with Gasteiger partial charge in [-0.1, -0.05) is 49.4 Å². The molecule has 0 aliphatic carbocycles. The fourth-order valence-corrected chi connectivity index (χ4v) is 2.45. The Bertz CT molecular complexity index is 613. The van der Waals surface area contributed by atoms with E-state index in [0.717, 1.165) is 17.9 Å². The van der Waals surface area contributed by atoms with Gasteiger partial charge in [0.1, 0.15) is 11.5 Å². The minimum absolute atomic E-state index is 0.681. The van der Waals surface area contributed by atoms with Crippen LogP contribution in [-0.4, -0.2) is 13.2 Å². The summed E-state index contributed by atoms with van der Waals surface area (Å²) in [5.41, 5.74) is 3.53. The van der Waals surface area contributed by atoms with Gasteiger partial charge in [0, 0.05) is 0 Å². The molecule has 0 bridgehead atoms. The number of rotatable bonds is 8. The third kappa shape index (κ3) is 5.02. The SMILES string of the molecule is CCC=CC=C(c1ccc(OCC)cc1)c1ccc(OCC)cc1. The summed E-state index contributed by atoms with van der Waals surface area (Å²) in [5, 5.41) is 0. The van der Waals surface area contributed by atoms with Crippen LogP contribution in [0.1, 0.15) is 38.3 Å². The lowest BCUT2D eigenvalue weighted by Gasteiger charge is -2.11. The third-order valence-corrected chi connectivity index (χ3v) is 3.59. The van der Waals surface area contributed by atoms with Crippen molar-refractivity contribution in [3.8, 4) is 11.5 Å². The molecule has 0 amide bonds. The van der Waals surface area contributed by atoms with Crippen LogP contribution in [0.3, 0.4) is 0 Å². The quantitative estimate of drug-likeness (QED) is 0.565. The second-order valence-corrected chi connectivity index (χ2v) is 5.33. The van der Waals surface area contributed by atoms with Crippen molar-refractivity contribution in [2.45, 2.75) is 27.2 Å². The molecule has 0 saturated heterocycles. The molecule has 0 spiro atoms. The molecule has 0 radical (unpaired) electrons. The van der Waals surface area contributed by atoms with Gasteiger partial charge in [0.25, 0.3) is 0 Å². The lowest BCUT2D eigenvalue weighted by atomic mass is 9.97. The van der Waals surface area contributed by atoms with E-state index in [2.05, 4.69) is 49.4 Å². The lowest BCUT2D eigenvalue weighted by Crippen LogP contribution is -1.94. The highest BCUT2D eigenvalue weighted by atomic mass is 16.5. The zero-order valence-electron chi connectivity index (χ0n) is 14.8. The molecule has 0 atom stereocenters. The summed E-state index contributed by atoms with van der Waals surface area (Å²) in [6.07, 6.45) is 7.45. The molecule has 2 nitrogen and oxygen atoms in total. The minimum atomic E-state index is 0.681. The fraction of sp³-hybridized carbons (Fsp3) is 0.273. The smallest absolute Gasteiger partial charge is 0.119 e. The number of hydrogen-bond acceptors (Lipinski definition) is 2. The monoisotopic (exact) mass is 322 g/mol. The van der Waals surface area contributed by atoms with Crippen LogP contribution in [0.25, 0.3) is 5.57 Å². The van der Waals surface area contributed by atoms with Gasteiger partial charge in [-0.25, -0.2) is 0 Å². The number of ether oxygens (including phenoxy) is 2. The largest absolute Gasteiger partial charge is 0.494 e. The van der Waals surface area contributed by atoms with Crippen molar-refractivity contribution in [3.05, 3.63) is 77.9 Å². The summed E-state index contributed by atoms with van der Waals surface area (Å²) in [4.78, 5) is 0. The number of allylic oxidation sites excluding steroid dienone is 3. The van der Waals surface area contributed by atoms with Crippen molar-refractivity contribution in [2.75, 3.05) is 13.2 Å². The summed E-state index contributed by atoms with van der Waals surface area (Å²) >= 11 is 0. The van der Waals surface area contributed by atoms with E-state index in [4.69, 9.17) is 9.47 Å². The van der Waals surface area contributed by atoms with E-state index >= 15 is 0 Å². The maximum Gasteiger partial charge on any atom is 0.119 e. The summed E-state index contributed by atoms with van der Waals surface area (Å²) in [5.74, 6) is 1.80. The van der Waals surface area contributed by atoms with E-state index < -0.39 is 0 Å². The zero-order valence-corrected chi connectivity index (χ0v) is 14.8. The maximum atomic E-state index is 5.54. The van der Waals surface area contributed by atoms with Crippen molar-refractivity contribution in [1.29, 1.82) is 0 Å². The molecule has 2 aromatic carbocycles. The first-order valence-corrected chi connectivity index (χ1v) is 8.61. The molecule has 0 aliphatic rings. The Hall–Kier alpha value is -2.48. The Labute approximate surface area is 145 Å². The fourth-order valence-electron chi connectivity index (χ4n) is 2.45. The van der Waals surface area contributed by atoms with Gasteiger partial charge in [-0.05, 0) is 61.2 Å². The molecule has 0 aliphatic heterocycles. The zero-order chi connectivity index (χ0) is 17.2. The highest BCUT2D eigenvalue weighted by molar-refractivity contribution is 5.81. The van der Waals surface area contributed by atoms with Crippen molar-refractivity contribution < 1.29 is 9.47 Å². The van der Waals surface area contributed by atoms with Gasteiger partial charge in [0.2, 0.25) is 0 Å². The van der Waals surface area contributed by atoms with Gasteiger partial charge < -0.3 is 9.47 Å². The molecule has 2 aromatic rings. The van der Waals surface area contributed by atoms with Crippen molar-refractivity contribution in [1.82, 2.24) is 0 Å².